The van der Waals surface area contributed by atoms with Crippen molar-refractivity contribution in [3.05, 3.63) is 17.2 Å². The lowest BCUT2D eigenvalue weighted by Crippen LogP contribution is -2.43. The van der Waals surface area contributed by atoms with Crippen molar-refractivity contribution < 1.29 is 14.3 Å². The van der Waals surface area contributed by atoms with Gasteiger partial charge in [-0.05, 0) is 25.7 Å². The summed E-state index contributed by atoms with van der Waals surface area (Å²) in [5.41, 5.74) is 0.775. The molecule has 1 atom stereocenters. The minimum Gasteiger partial charge on any atom is -0.495 e. The fourth-order valence-corrected chi connectivity index (χ4v) is 3.43. The van der Waals surface area contributed by atoms with Crippen LogP contribution in [0, 0.1) is 0 Å². The number of anilines is 1. The average molecular weight is 355 g/mol. The van der Waals surface area contributed by atoms with E-state index in [0.717, 1.165) is 31.5 Å². The van der Waals surface area contributed by atoms with Crippen LogP contribution in [0.4, 0.5) is 5.69 Å². The summed E-state index contributed by atoms with van der Waals surface area (Å²) in [5.74, 6) is 1.43. The van der Waals surface area contributed by atoms with E-state index in [4.69, 9.17) is 21.1 Å². The number of methoxy groups -OCH3 is 2. The fraction of sp³-hybridized carbons (Fsp3) is 0.611. The minimum atomic E-state index is 0.217. The van der Waals surface area contributed by atoms with Crippen LogP contribution in [0.15, 0.2) is 12.1 Å². The van der Waals surface area contributed by atoms with Crippen molar-refractivity contribution >= 4 is 23.2 Å². The summed E-state index contributed by atoms with van der Waals surface area (Å²) >= 11 is 6.10. The topological polar surface area (TPSA) is 50.8 Å². The van der Waals surface area contributed by atoms with Gasteiger partial charge in [-0.15, -0.1) is 0 Å². The molecule has 2 rings (SSSR count). The van der Waals surface area contributed by atoms with Crippen LogP contribution in [0.5, 0.6) is 11.5 Å². The van der Waals surface area contributed by atoms with Crippen molar-refractivity contribution in [2.75, 3.05) is 32.6 Å². The van der Waals surface area contributed by atoms with Gasteiger partial charge in [0.05, 0.1) is 24.9 Å². The first-order chi connectivity index (χ1) is 11.6. The van der Waals surface area contributed by atoms with Crippen molar-refractivity contribution in [3.63, 3.8) is 0 Å². The van der Waals surface area contributed by atoms with Crippen molar-refractivity contribution in [1.82, 2.24) is 4.90 Å². The molecule has 5 nitrogen and oxygen atoms in total. The second-order valence-corrected chi connectivity index (χ2v) is 6.42. The second-order valence-electron chi connectivity index (χ2n) is 6.01. The molecule has 0 saturated carbocycles. The maximum absolute atomic E-state index is 12.5. The average Bonchev–Trinajstić information content (AvgIpc) is 2.62. The van der Waals surface area contributed by atoms with Crippen LogP contribution in [0.1, 0.15) is 39.0 Å². The molecule has 1 heterocycles. The maximum Gasteiger partial charge on any atom is 0.224 e. The number of likely N-dealkylation sites (tertiary alicyclic amines) is 1. The predicted octanol–water partition coefficient (Wildman–Crippen LogP) is 3.95. The van der Waals surface area contributed by atoms with E-state index in [0.29, 0.717) is 35.5 Å². The number of ether oxygens (including phenoxy) is 2. The fourth-order valence-electron chi connectivity index (χ4n) is 3.20. The molecule has 1 fully saturated rings. The Balaban J connectivity index is 1.94. The number of carbonyl (C=O) groups is 1. The first-order valence-corrected chi connectivity index (χ1v) is 8.93. The molecule has 1 aliphatic rings. The Morgan fingerprint density at radius 3 is 2.71 bits per heavy atom. The lowest BCUT2D eigenvalue weighted by atomic mass is 9.99. The van der Waals surface area contributed by atoms with E-state index >= 15 is 0 Å². The smallest absolute Gasteiger partial charge is 0.224 e. The molecule has 1 saturated heterocycles. The van der Waals surface area contributed by atoms with Crippen LogP contribution in [-0.4, -0.2) is 44.2 Å². The zero-order valence-electron chi connectivity index (χ0n) is 14.7. The van der Waals surface area contributed by atoms with E-state index in [1.54, 1.807) is 26.4 Å². The van der Waals surface area contributed by atoms with Crippen LogP contribution < -0.4 is 14.8 Å². The van der Waals surface area contributed by atoms with Crippen LogP contribution in [0.2, 0.25) is 5.02 Å². The molecule has 1 aliphatic heterocycles. The monoisotopic (exact) mass is 354 g/mol. The number of amides is 1. The molecule has 0 aromatic heterocycles. The lowest BCUT2D eigenvalue weighted by Gasteiger charge is -2.35. The highest BCUT2D eigenvalue weighted by atomic mass is 35.5. The molecule has 0 aliphatic carbocycles. The van der Waals surface area contributed by atoms with E-state index in [1.165, 1.54) is 6.42 Å². The molecule has 1 aromatic rings. The van der Waals surface area contributed by atoms with Gasteiger partial charge < -0.3 is 19.7 Å². The summed E-state index contributed by atoms with van der Waals surface area (Å²) < 4.78 is 10.6. The lowest BCUT2D eigenvalue weighted by molar-refractivity contribution is -0.134. The molecular weight excluding hydrogens is 328 g/mol. The number of carbonyl (C=O) groups excluding carboxylic acids is 1. The summed E-state index contributed by atoms with van der Waals surface area (Å²) in [7, 11) is 3.16. The van der Waals surface area contributed by atoms with Crippen molar-refractivity contribution in [2.45, 2.75) is 45.1 Å². The zero-order chi connectivity index (χ0) is 17.5. The van der Waals surface area contributed by atoms with Gasteiger partial charge >= 0.3 is 0 Å². The Morgan fingerprint density at radius 2 is 2.04 bits per heavy atom. The van der Waals surface area contributed by atoms with E-state index < -0.39 is 0 Å². The molecular formula is C18H27ClN2O3. The first kappa shape index (κ1) is 18.7. The Kier molecular flexibility index (Phi) is 7.03. The number of piperidine rings is 1. The summed E-state index contributed by atoms with van der Waals surface area (Å²) in [6.07, 6.45) is 4.95. The molecule has 1 aromatic carbocycles. The number of rotatable bonds is 7. The molecule has 0 spiro atoms. The van der Waals surface area contributed by atoms with E-state index in [-0.39, 0.29) is 5.91 Å². The van der Waals surface area contributed by atoms with Crippen LogP contribution >= 0.6 is 11.6 Å². The summed E-state index contributed by atoms with van der Waals surface area (Å²) in [6.45, 7) is 3.59. The van der Waals surface area contributed by atoms with Gasteiger partial charge in [-0.2, -0.15) is 0 Å². The number of halogens is 1. The molecule has 134 valence electrons. The third kappa shape index (κ3) is 4.47. The van der Waals surface area contributed by atoms with Crippen LogP contribution in [0.3, 0.4) is 0 Å². The highest BCUT2D eigenvalue weighted by Gasteiger charge is 2.24. The van der Waals surface area contributed by atoms with Gasteiger partial charge in [0, 0.05) is 37.7 Å². The largest absolute Gasteiger partial charge is 0.495 e. The van der Waals surface area contributed by atoms with Crippen molar-refractivity contribution in [1.29, 1.82) is 0 Å². The third-order valence-corrected chi connectivity index (χ3v) is 4.84. The van der Waals surface area contributed by atoms with Gasteiger partial charge in [-0.25, -0.2) is 0 Å². The summed E-state index contributed by atoms with van der Waals surface area (Å²) in [4.78, 5) is 14.5. The molecule has 6 heteroatoms. The molecule has 0 bridgehead atoms. The zero-order valence-corrected chi connectivity index (χ0v) is 15.5. The van der Waals surface area contributed by atoms with Crippen LogP contribution in [0.25, 0.3) is 0 Å². The Morgan fingerprint density at radius 1 is 1.29 bits per heavy atom. The summed E-state index contributed by atoms with van der Waals surface area (Å²) in [6, 6.07) is 3.90. The van der Waals surface area contributed by atoms with Crippen LogP contribution in [-0.2, 0) is 4.79 Å². The van der Waals surface area contributed by atoms with E-state index in [9.17, 15) is 4.79 Å². The predicted molar refractivity (Wildman–Crippen MR) is 97.3 cm³/mol. The number of hydrogen-bond acceptors (Lipinski definition) is 4. The Labute approximate surface area is 149 Å². The van der Waals surface area contributed by atoms with Crippen molar-refractivity contribution in [2.24, 2.45) is 0 Å². The SMILES string of the molecule is CCC1CCCCN1C(=O)CCNc1cc(OC)c(Cl)cc1OC. The number of benzene rings is 1. The molecule has 24 heavy (non-hydrogen) atoms. The molecule has 0 radical (unpaired) electrons. The van der Waals surface area contributed by atoms with Gasteiger partial charge in [0.2, 0.25) is 5.91 Å². The second kappa shape index (κ2) is 9.02. The minimum absolute atomic E-state index is 0.217. The quantitative estimate of drug-likeness (QED) is 0.805. The Bertz CT molecular complexity index is 565. The third-order valence-electron chi connectivity index (χ3n) is 4.55. The number of hydrogen-bond donors (Lipinski definition) is 1. The highest BCUT2D eigenvalue weighted by Crippen LogP contribution is 2.35. The van der Waals surface area contributed by atoms with Gasteiger partial charge in [0.25, 0.3) is 0 Å². The van der Waals surface area contributed by atoms with Crippen molar-refractivity contribution in [3.8, 4) is 11.5 Å². The molecule has 1 amide bonds. The van der Waals surface area contributed by atoms with Gasteiger partial charge in [-0.1, -0.05) is 18.5 Å². The standard InChI is InChI=1S/C18H27ClN2O3/c1-4-13-7-5-6-10-21(13)18(22)8-9-20-15-12-16(23-2)14(19)11-17(15)24-3/h11-13,20H,4-10H2,1-3H3. The normalized spacial score (nSPS) is 17.5. The van der Waals surface area contributed by atoms with E-state index in [2.05, 4.69) is 12.2 Å². The van der Waals surface area contributed by atoms with Gasteiger partial charge in [0.1, 0.15) is 11.5 Å². The maximum atomic E-state index is 12.5. The highest BCUT2D eigenvalue weighted by molar-refractivity contribution is 6.32. The van der Waals surface area contributed by atoms with Gasteiger partial charge in [0.15, 0.2) is 0 Å². The van der Waals surface area contributed by atoms with E-state index in [1.807, 2.05) is 4.90 Å². The van der Waals surface area contributed by atoms with Gasteiger partial charge in [-0.3, -0.25) is 4.79 Å². The summed E-state index contributed by atoms with van der Waals surface area (Å²) in [5, 5.41) is 3.75. The number of nitrogens with zero attached hydrogens (tertiary/aromatic N) is 1. The Hall–Kier alpha value is -1.62. The number of nitrogens with one attached hydrogen (secondary N) is 1. The molecule has 1 unspecified atom stereocenters. The first-order valence-electron chi connectivity index (χ1n) is 8.55. The molecule has 1 N–H and O–H groups in total.